The van der Waals surface area contributed by atoms with Crippen LogP contribution in [0.1, 0.15) is 19.4 Å². The minimum absolute atomic E-state index is 0.0619. The van der Waals surface area contributed by atoms with E-state index in [-0.39, 0.29) is 17.2 Å². The third-order valence-corrected chi connectivity index (χ3v) is 5.38. The molecule has 154 valence electrons. The van der Waals surface area contributed by atoms with Gasteiger partial charge in [0.05, 0.1) is 17.9 Å². The van der Waals surface area contributed by atoms with Crippen LogP contribution in [0.15, 0.2) is 47.4 Å². The highest BCUT2D eigenvalue weighted by atomic mass is 32.2. The molecule has 3 N–H and O–H groups in total. The Kier molecular flexibility index (Phi) is 6.04. The van der Waals surface area contributed by atoms with Crippen molar-refractivity contribution in [2.75, 3.05) is 11.9 Å². The van der Waals surface area contributed by atoms with Gasteiger partial charge in [-0.1, -0.05) is 0 Å². The standard InChI is InChI=1S/C19H21N3O6S/c1-3-27-14-4-6-15(7-5-14)28-12(2)19(24)21-22-29(25,26)16-8-9-17-13(10-16)11-18(23)20-17/h4-10,12,22H,3,11H2,1-2H3,(H,20,23)(H,21,24)/t12-/m1/s1. The zero-order valence-electron chi connectivity index (χ0n) is 15.9. The fraction of sp³-hybridized carbons (Fsp3) is 0.263. The summed E-state index contributed by atoms with van der Waals surface area (Å²) in [5.74, 6) is 0.252. The Morgan fingerprint density at radius 1 is 1.17 bits per heavy atom. The number of hydrogen-bond acceptors (Lipinski definition) is 6. The Labute approximate surface area is 168 Å². The van der Waals surface area contributed by atoms with E-state index < -0.39 is 22.0 Å². The first-order valence-electron chi connectivity index (χ1n) is 8.92. The van der Waals surface area contributed by atoms with Crippen molar-refractivity contribution in [1.29, 1.82) is 0 Å². The first kappa shape index (κ1) is 20.6. The van der Waals surface area contributed by atoms with Crippen molar-refractivity contribution in [2.24, 2.45) is 0 Å². The molecule has 0 radical (unpaired) electrons. The van der Waals surface area contributed by atoms with Gasteiger partial charge < -0.3 is 14.8 Å². The van der Waals surface area contributed by atoms with E-state index in [1.165, 1.54) is 25.1 Å². The topological polar surface area (TPSA) is 123 Å². The van der Waals surface area contributed by atoms with Crippen LogP contribution >= 0.6 is 0 Å². The summed E-state index contributed by atoms with van der Waals surface area (Å²) in [6.07, 6.45) is -0.838. The molecule has 0 aliphatic carbocycles. The maximum atomic E-state index is 12.4. The molecule has 29 heavy (non-hydrogen) atoms. The Morgan fingerprint density at radius 3 is 2.55 bits per heavy atom. The SMILES string of the molecule is CCOc1ccc(O[C@H](C)C(=O)NNS(=O)(=O)c2ccc3c(c2)CC(=O)N3)cc1. The zero-order valence-corrected chi connectivity index (χ0v) is 16.7. The van der Waals surface area contributed by atoms with Gasteiger partial charge in [0.1, 0.15) is 11.5 Å². The van der Waals surface area contributed by atoms with E-state index in [4.69, 9.17) is 9.47 Å². The van der Waals surface area contributed by atoms with E-state index in [0.717, 1.165) is 0 Å². The van der Waals surface area contributed by atoms with Crippen molar-refractivity contribution in [3.05, 3.63) is 48.0 Å². The smallest absolute Gasteiger partial charge is 0.275 e. The summed E-state index contributed by atoms with van der Waals surface area (Å²) in [7, 11) is -4.01. The van der Waals surface area contributed by atoms with Crippen LogP contribution in [-0.4, -0.2) is 32.9 Å². The van der Waals surface area contributed by atoms with Gasteiger partial charge in [0.2, 0.25) is 5.91 Å². The third-order valence-electron chi connectivity index (χ3n) is 4.14. The quantitative estimate of drug-likeness (QED) is 0.555. The molecule has 2 amide bonds. The Hall–Kier alpha value is -3.11. The largest absolute Gasteiger partial charge is 0.494 e. The van der Waals surface area contributed by atoms with Crippen LogP contribution in [0.25, 0.3) is 0 Å². The van der Waals surface area contributed by atoms with E-state index in [9.17, 15) is 18.0 Å². The summed E-state index contributed by atoms with van der Waals surface area (Å²) in [5, 5.41) is 2.63. The molecule has 1 heterocycles. The first-order valence-corrected chi connectivity index (χ1v) is 10.4. The summed E-state index contributed by atoms with van der Waals surface area (Å²) in [6, 6.07) is 11.0. The number of hydrogen-bond donors (Lipinski definition) is 3. The highest BCUT2D eigenvalue weighted by Crippen LogP contribution is 2.25. The average Bonchev–Trinajstić information content (AvgIpc) is 3.07. The second-order valence-electron chi connectivity index (χ2n) is 6.30. The molecule has 0 saturated heterocycles. The minimum atomic E-state index is -4.01. The highest BCUT2D eigenvalue weighted by Gasteiger charge is 2.23. The highest BCUT2D eigenvalue weighted by molar-refractivity contribution is 7.89. The molecule has 0 bridgehead atoms. The number of anilines is 1. The van der Waals surface area contributed by atoms with Crippen molar-refractivity contribution in [1.82, 2.24) is 10.3 Å². The average molecular weight is 419 g/mol. The van der Waals surface area contributed by atoms with Crippen LogP contribution in [-0.2, 0) is 26.0 Å². The molecule has 9 nitrogen and oxygen atoms in total. The lowest BCUT2D eigenvalue weighted by Gasteiger charge is -2.16. The van der Waals surface area contributed by atoms with Crippen molar-refractivity contribution in [2.45, 2.75) is 31.3 Å². The van der Waals surface area contributed by atoms with Crippen LogP contribution in [0.5, 0.6) is 11.5 Å². The minimum Gasteiger partial charge on any atom is -0.494 e. The number of benzene rings is 2. The maximum absolute atomic E-state index is 12.4. The molecule has 3 rings (SSSR count). The number of fused-ring (bicyclic) bond motifs is 1. The summed E-state index contributed by atoms with van der Waals surface area (Å²) >= 11 is 0. The maximum Gasteiger partial charge on any atom is 0.275 e. The molecule has 2 aromatic rings. The fourth-order valence-electron chi connectivity index (χ4n) is 2.69. The Balaban J connectivity index is 1.57. The Bertz CT molecular complexity index is 1020. The second-order valence-corrected chi connectivity index (χ2v) is 7.99. The van der Waals surface area contributed by atoms with Gasteiger partial charge in [-0.2, -0.15) is 0 Å². The second kappa shape index (κ2) is 8.50. The van der Waals surface area contributed by atoms with Crippen LogP contribution in [0.4, 0.5) is 5.69 Å². The molecule has 1 aliphatic heterocycles. The zero-order chi connectivity index (χ0) is 21.0. The molecule has 1 aliphatic rings. The van der Waals surface area contributed by atoms with E-state index in [2.05, 4.69) is 10.7 Å². The van der Waals surface area contributed by atoms with Gasteiger partial charge in [-0.05, 0) is 61.9 Å². The fourth-order valence-corrected chi connectivity index (χ4v) is 3.59. The lowest BCUT2D eigenvalue weighted by molar-refractivity contribution is -0.127. The molecular formula is C19H21N3O6S. The normalized spacial score (nSPS) is 13.9. The first-order chi connectivity index (χ1) is 13.8. The third kappa shape index (κ3) is 5.04. The summed E-state index contributed by atoms with van der Waals surface area (Å²) in [4.78, 5) is 25.6. The van der Waals surface area contributed by atoms with Crippen LogP contribution < -0.4 is 25.0 Å². The lowest BCUT2D eigenvalue weighted by Crippen LogP contribution is -2.47. The molecule has 0 saturated carbocycles. The molecule has 1 atom stereocenters. The van der Waals surface area contributed by atoms with Crippen molar-refractivity contribution in [3.8, 4) is 11.5 Å². The van der Waals surface area contributed by atoms with E-state index >= 15 is 0 Å². The number of hydrazine groups is 1. The Morgan fingerprint density at radius 2 is 1.86 bits per heavy atom. The summed E-state index contributed by atoms with van der Waals surface area (Å²) < 4.78 is 35.7. The van der Waals surface area contributed by atoms with Crippen molar-refractivity contribution < 1.29 is 27.5 Å². The molecule has 0 aromatic heterocycles. The predicted molar refractivity (Wildman–Crippen MR) is 105 cm³/mol. The van der Waals surface area contributed by atoms with E-state index in [1.54, 1.807) is 24.3 Å². The molecule has 10 heteroatoms. The number of ether oxygens (including phenoxy) is 2. The molecular weight excluding hydrogens is 398 g/mol. The number of rotatable bonds is 8. The van der Waals surface area contributed by atoms with Gasteiger partial charge in [-0.25, -0.2) is 8.42 Å². The van der Waals surface area contributed by atoms with Gasteiger partial charge in [0.25, 0.3) is 15.9 Å². The molecule has 0 spiro atoms. The molecule has 0 fully saturated rings. The lowest BCUT2D eigenvalue weighted by atomic mass is 10.2. The summed E-state index contributed by atoms with van der Waals surface area (Å²) in [6.45, 7) is 3.90. The number of sulfonamides is 1. The van der Waals surface area contributed by atoms with Gasteiger partial charge in [0.15, 0.2) is 6.10 Å². The van der Waals surface area contributed by atoms with Gasteiger partial charge in [0, 0.05) is 5.69 Å². The van der Waals surface area contributed by atoms with Gasteiger partial charge in [-0.3, -0.25) is 15.0 Å². The van der Waals surface area contributed by atoms with Gasteiger partial charge >= 0.3 is 0 Å². The van der Waals surface area contributed by atoms with Crippen LogP contribution in [0.3, 0.4) is 0 Å². The number of amides is 2. The number of nitrogens with one attached hydrogen (secondary N) is 3. The molecule has 0 unspecified atom stereocenters. The monoisotopic (exact) mass is 419 g/mol. The predicted octanol–water partition coefficient (Wildman–Crippen LogP) is 1.36. The number of carbonyl (C=O) groups is 2. The molecule has 2 aromatic carbocycles. The van der Waals surface area contributed by atoms with Gasteiger partial charge in [-0.15, -0.1) is 4.83 Å². The number of carbonyl (C=O) groups excluding carboxylic acids is 2. The summed E-state index contributed by atoms with van der Waals surface area (Å²) in [5.41, 5.74) is 3.30. The van der Waals surface area contributed by atoms with Crippen LogP contribution in [0, 0.1) is 0 Å². The van der Waals surface area contributed by atoms with Crippen LogP contribution in [0.2, 0.25) is 0 Å². The van der Waals surface area contributed by atoms with Crippen molar-refractivity contribution in [3.63, 3.8) is 0 Å². The van der Waals surface area contributed by atoms with E-state index in [1.807, 2.05) is 11.8 Å². The van der Waals surface area contributed by atoms with Crippen molar-refractivity contribution >= 4 is 27.5 Å². The van der Waals surface area contributed by atoms with E-state index in [0.29, 0.717) is 29.4 Å².